The van der Waals surface area contributed by atoms with Gasteiger partial charge in [0.15, 0.2) is 9.84 Å². The summed E-state index contributed by atoms with van der Waals surface area (Å²) in [5.41, 5.74) is 1.86. The topological polar surface area (TPSA) is 74.8 Å². The van der Waals surface area contributed by atoms with Crippen molar-refractivity contribution in [3.8, 4) is 0 Å². The number of nitrogens with zero attached hydrogens (tertiary/aromatic N) is 2. The van der Waals surface area contributed by atoms with E-state index in [1.54, 1.807) is 21.9 Å². The second kappa shape index (κ2) is 7.93. The average Bonchev–Trinajstić information content (AvgIpc) is 2.67. The van der Waals surface area contributed by atoms with E-state index >= 15 is 0 Å². The predicted molar refractivity (Wildman–Crippen MR) is 108 cm³/mol. The smallest absolute Gasteiger partial charge is 0.255 e. The molecule has 0 aliphatic carbocycles. The number of rotatable bonds is 3. The molecule has 0 bridgehead atoms. The predicted octanol–water partition coefficient (Wildman–Crippen LogP) is 2.65. The molecule has 8 heteroatoms. The number of benzene rings is 2. The van der Waals surface area contributed by atoms with E-state index in [2.05, 4.69) is 0 Å². The summed E-state index contributed by atoms with van der Waals surface area (Å²) in [4.78, 5) is 28.8. The van der Waals surface area contributed by atoms with Gasteiger partial charge in [-0.05, 0) is 37.3 Å². The molecule has 1 fully saturated rings. The van der Waals surface area contributed by atoms with Crippen LogP contribution < -0.4 is 0 Å². The van der Waals surface area contributed by atoms with Gasteiger partial charge in [-0.25, -0.2) is 8.42 Å². The minimum Gasteiger partial charge on any atom is -0.335 e. The minimum absolute atomic E-state index is 0.0495. The van der Waals surface area contributed by atoms with Gasteiger partial charge >= 0.3 is 0 Å². The Balaban J connectivity index is 1.70. The van der Waals surface area contributed by atoms with Gasteiger partial charge in [0.1, 0.15) is 0 Å². The SMILES string of the molecule is Cc1ccc(C(=O)N2CCN(C(=O)c3cc(S(C)(=O)=O)ccc3Cl)CC2)cc1. The van der Waals surface area contributed by atoms with E-state index in [0.717, 1.165) is 11.8 Å². The zero-order valence-electron chi connectivity index (χ0n) is 15.7. The fraction of sp³-hybridized carbons (Fsp3) is 0.300. The van der Waals surface area contributed by atoms with Crippen molar-refractivity contribution in [2.45, 2.75) is 11.8 Å². The first-order valence-electron chi connectivity index (χ1n) is 8.81. The Morgan fingerprint density at radius 1 is 0.893 bits per heavy atom. The third kappa shape index (κ3) is 4.36. The van der Waals surface area contributed by atoms with Gasteiger partial charge < -0.3 is 9.80 Å². The minimum atomic E-state index is -3.44. The number of carbonyl (C=O) groups is 2. The van der Waals surface area contributed by atoms with Gasteiger partial charge in [0.2, 0.25) is 0 Å². The maximum atomic E-state index is 12.8. The van der Waals surface area contributed by atoms with Crippen molar-refractivity contribution in [2.24, 2.45) is 0 Å². The third-order valence-corrected chi connectivity index (χ3v) is 6.19. The molecule has 0 atom stereocenters. The van der Waals surface area contributed by atoms with E-state index in [0.29, 0.717) is 31.7 Å². The summed E-state index contributed by atoms with van der Waals surface area (Å²) in [5.74, 6) is -0.401. The molecule has 0 saturated carbocycles. The zero-order chi connectivity index (χ0) is 20.5. The van der Waals surface area contributed by atoms with Gasteiger partial charge in [0.25, 0.3) is 11.8 Å². The second-order valence-electron chi connectivity index (χ2n) is 6.86. The van der Waals surface area contributed by atoms with Crippen molar-refractivity contribution in [3.05, 3.63) is 64.2 Å². The average molecular weight is 421 g/mol. The Morgan fingerprint density at radius 2 is 1.43 bits per heavy atom. The summed E-state index contributed by atoms with van der Waals surface area (Å²) >= 11 is 6.13. The van der Waals surface area contributed by atoms with Gasteiger partial charge in [-0.3, -0.25) is 9.59 Å². The quantitative estimate of drug-likeness (QED) is 0.765. The first-order chi connectivity index (χ1) is 13.2. The van der Waals surface area contributed by atoms with Crippen molar-refractivity contribution in [3.63, 3.8) is 0 Å². The maximum absolute atomic E-state index is 12.8. The summed E-state index contributed by atoms with van der Waals surface area (Å²) in [7, 11) is -3.44. The molecule has 1 aliphatic rings. The third-order valence-electron chi connectivity index (χ3n) is 4.75. The van der Waals surface area contributed by atoms with Crippen LogP contribution in [0.1, 0.15) is 26.3 Å². The normalized spacial score (nSPS) is 14.8. The van der Waals surface area contributed by atoms with Crippen LogP contribution in [0.25, 0.3) is 0 Å². The highest BCUT2D eigenvalue weighted by atomic mass is 35.5. The lowest BCUT2D eigenvalue weighted by Gasteiger charge is -2.35. The van der Waals surface area contributed by atoms with Crippen LogP contribution in [-0.2, 0) is 9.84 Å². The van der Waals surface area contributed by atoms with Crippen molar-refractivity contribution >= 4 is 33.3 Å². The Kier molecular flexibility index (Phi) is 5.76. The molecule has 6 nitrogen and oxygen atoms in total. The summed E-state index contributed by atoms with van der Waals surface area (Å²) in [5, 5.41) is 0.204. The van der Waals surface area contributed by atoms with Crippen molar-refractivity contribution in [1.29, 1.82) is 0 Å². The second-order valence-corrected chi connectivity index (χ2v) is 9.29. The highest BCUT2D eigenvalue weighted by molar-refractivity contribution is 7.90. The van der Waals surface area contributed by atoms with Crippen LogP contribution in [0, 0.1) is 6.92 Å². The molecule has 1 aliphatic heterocycles. The summed E-state index contributed by atoms with van der Waals surface area (Å²) < 4.78 is 23.5. The van der Waals surface area contributed by atoms with E-state index in [9.17, 15) is 18.0 Å². The number of hydrogen-bond donors (Lipinski definition) is 0. The van der Waals surface area contributed by atoms with Crippen LogP contribution in [0.4, 0.5) is 0 Å². The first kappa shape index (κ1) is 20.4. The van der Waals surface area contributed by atoms with E-state index in [1.807, 2.05) is 19.1 Å². The monoisotopic (exact) mass is 420 g/mol. The fourth-order valence-corrected chi connectivity index (χ4v) is 3.91. The van der Waals surface area contributed by atoms with Gasteiger partial charge in [0.05, 0.1) is 15.5 Å². The van der Waals surface area contributed by atoms with Gasteiger partial charge in [-0.2, -0.15) is 0 Å². The molecule has 2 aromatic carbocycles. The lowest BCUT2D eigenvalue weighted by atomic mass is 10.1. The van der Waals surface area contributed by atoms with E-state index < -0.39 is 9.84 Å². The molecule has 0 unspecified atom stereocenters. The molecule has 2 aromatic rings. The molecule has 0 N–H and O–H groups in total. The van der Waals surface area contributed by atoms with Gasteiger partial charge in [-0.15, -0.1) is 0 Å². The number of halogens is 1. The summed E-state index contributed by atoms with van der Waals surface area (Å²) in [6, 6.07) is 11.5. The Morgan fingerprint density at radius 3 is 1.96 bits per heavy atom. The molecule has 28 heavy (non-hydrogen) atoms. The maximum Gasteiger partial charge on any atom is 0.255 e. The van der Waals surface area contributed by atoms with E-state index in [1.165, 1.54) is 18.2 Å². The summed E-state index contributed by atoms with van der Waals surface area (Å²) in [6.45, 7) is 3.48. The molecule has 2 amide bonds. The molecule has 1 heterocycles. The standard InChI is InChI=1S/C20H21ClN2O4S/c1-14-3-5-15(6-4-14)19(24)22-9-11-23(12-10-22)20(25)17-13-16(28(2,26)27)7-8-18(17)21/h3-8,13H,9-12H2,1-2H3. The van der Waals surface area contributed by atoms with Crippen LogP contribution >= 0.6 is 11.6 Å². The van der Waals surface area contributed by atoms with Gasteiger partial charge in [0, 0.05) is 38.0 Å². The molecule has 3 rings (SSSR count). The molecular formula is C20H21ClN2O4S. The molecule has 0 aromatic heterocycles. The lowest BCUT2D eigenvalue weighted by Crippen LogP contribution is -2.50. The molecule has 0 spiro atoms. The fourth-order valence-electron chi connectivity index (χ4n) is 3.06. The van der Waals surface area contributed by atoms with Crippen LogP contribution in [0.5, 0.6) is 0 Å². The summed E-state index contributed by atoms with van der Waals surface area (Å²) in [6.07, 6.45) is 1.08. The number of aryl methyl sites for hydroxylation is 1. The Bertz CT molecular complexity index is 1010. The lowest BCUT2D eigenvalue weighted by molar-refractivity contribution is 0.0535. The number of sulfone groups is 1. The van der Waals surface area contributed by atoms with Crippen molar-refractivity contribution in [2.75, 3.05) is 32.4 Å². The van der Waals surface area contributed by atoms with Gasteiger partial charge in [-0.1, -0.05) is 29.3 Å². The van der Waals surface area contributed by atoms with Crippen LogP contribution in [0.15, 0.2) is 47.4 Å². The Labute approximate surface area is 169 Å². The largest absolute Gasteiger partial charge is 0.335 e. The molecular weight excluding hydrogens is 400 g/mol. The molecule has 148 valence electrons. The number of carbonyl (C=O) groups excluding carboxylic acids is 2. The highest BCUT2D eigenvalue weighted by Crippen LogP contribution is 2.23. The highest BCUT2D eigenvalue weighted by Gasteiger charge is 2.27. The zero-order valence-corrected chi connectivity index (χ0v) is 17.3. The van der Waals surface area contributed by atoms with Crippen molar-refractivity contribution < 1.29 is 18.0 Å². The van der Waals surface area contributed by atoms with Crippen molar-refractivity contribution in [1.82, 2.24) is 9.80 Å². The molecule has 0 radical (unpaired) electrons. The van der Waals surface area contributed by atoms with E-state index in [4.69, 9.17) is 11.6 Å². The number of hydrogen-bond acceptors (Lipinski definition) is 4. The van der Waals surface area contributed by atoms with Crippen LogP contribution in [0.2, 0.25) is 5.02 Å². The Hall–Kier alpha value is -2.38. The first-order valence-corrected chi connectivity index (χ1v) is 11.1. The van der Waals surface area contributed by atoms with Crippen LogP contribution in [0.3, 0.4) is 0 Å². The number of piperazine rings is 1. The van der Waals surface area contributed by atoms with Crippen LogP contribution in [-0.4, -0.2) is 62.5 Å². The molecule has 1 saturated heterocycles. The number of amides is 2. The van der Waals surface area contributed by atoms with E-state index in [-0.39, 0.29) is 27.3 Å².